The second-order valence-electron chi connectivity index (χ2n) is 6.29. The Morgan fingerprint density at radius 2 is 1.96 bits per heavy atom. The molecule has 7 heteroatoms. The Labute approximate surface area is 150 Å². The number of carboxylic acid groups (broad SMARTS) is 1. The standard InChI is InChI=1S/C19H20FN3O3/c20-15-5-3-4-14(12-15)17(16-6-1-2-9-21-16)22-19(26)23-10-7-13(8-11-23)18(24)25/h1-6,9,12-13,17H,7-8,10-11H2,(H,22,26)(H,24,25). The number of carbonyl (C=O) groups is 2. The van der Waals surface area contributed by atoms with Gasteiger partial charge in [-0.25, -0.2) is 9.18 Å². The number of aliphatic carboxylic acids is 1. The van der Waals surface area contributed by atoms with E-state index in [2.05, 4.69) is 10.3 Å². The highest BCUT2D eigenvalue weighted by molar-refractivity contribution is 5.76. The lowest BCUT2D eigenvalue weighted by atomic mass is 9.97. The van der Waals surface area contributed by atoms with Crippen LogP contribution in [0.25, 0.3) is 0 Å². The van der Waals surface area contributed by atoms with Gasteiger partial charge in [0.1, 0.15) is 5.82 Å². The van der Waals surface area contributed by atoms with Gasteiger partial charge in [0.25, 0.3) is 0 Å². The number of amides is 2. The van der Waals surface area contributed by atoms with Gasteiger partial charge in [0, 0.05) is 19.3 Å². The molecule has 1 atom stereocenters. The van der Waals surface area contributed by atoms with Crippen LogP contribution >= 0.6 is 0 Å². The number of carboxylic acids is 1. The largest absolute Gasteiger partial charge is 0.481 e. The van der Waals surface area contributed by atoms with E-state index in [9.17, 15) is 14.0 Å². The Hall–Kier alpha value is -2.96. The number of nitrogens with zero attached hydrogens (tertiary/aromatic N) is 2. The number of carbonyl (C=O) groups excluding carboxylic acids is 1. The molecule has 2 N–H and O–H groups in total. The van der Waals surface area contributed by atoms with Crippen molar-refractivity contribution in [3.05, 3.63) is 65.7 Å². The summed E-state index contributed by atoms with van der Waals surface area (Å²) in [6.07, 6.45) is 2.47. The number of aromatic nitrogens is 1. The van der Waals surface area contributed by atoms with Crippen molar-refractivity contribution in [1.82, 2.24) is 15.2 Å². The van der Waals surface area contributed by atoms with E-state index in [1.807, 2.05) is 0 Å². The van der Waals surface area contributed by atoms with Gasteiger partial charge in [-0.05, 0) is 42.7 Å². The quantitative estimate of drug-likeness (QED) is 0.881. The average molecular weight is 357 g/mol. The summed E-state index contributed by atoms with van der Waals surface area (Å²) in [5, 5.41) is 12.0. The molecule has 0 bridgehead atoms. The van der Waals surface area contributed by atoms with E-state index in [4.69, 9.17) is 5.11 Å². The highest BCUT2D eigenvalue weighted by Gasteiger charge is 2.28. The predicted molar refractivity (Wildman–Crippen MR) is 92.9 cm³/mol. The molecule has 1 fully saturated rings. The number of urea groups is 1. The fraction of sp³-hybridized carbons (Fsp3) is 0.316. The van der Waals surface area contributed by atoms with Gasteiger partial charge in [-0.15, -0.1) is 0 Å². The van der Waals surface area contributed by atoms with E-state index in [0.717, 1.165) is 0 Å². The monoisotopic (exact) mass is 357 g/mol. The highest BCUT2D eigenvalue weighted by atomic mass is 19.1. The van der Waals surface area contributed by atoms with Crippen LogP contribution in [0.1, 0.15) is 30.1 Å². The second kappa shape index (κ2) is 7.95. The van der Waals surface area contributed by atoms with Crippen LogP contribution in [0, 0.1) is 11.7 Å². The second-order valence-corrected chi connectivity index (χ2v) is 6.29. The van der Waals surface area contributed by atoms with Crippen LogP contribution < -0.4 is 5.32 Å². The van der Waals surface area contributed by atoms with Crippen LogP contribution in [0.15, 0.2) is 48.7 Å². The number of pyridine rings is 1. The van der Waals surface area contributed by atoms with Crippen molar-refractivity contribution in [2.24, 2.45) is 5.92 Å². The number of hydrogen-bond acceptors (Lipinski definition) is 3. The molecule has 1 aromatic heterocycles. The third-order valence-corrected chi connectivity index (χ3v) is 4.56. The topological polar surface area (TPSA) is 82.5 Å². The molecule has 1 aromatic carbocycles. The summed E-state index contributed by atoms with van der Waals surface area (Å²) >= 11 is 0. The van der Waals surface area contributed by atoms with Gasteiger partial charge in [-0.3, -0.25) is 9.78 Å². The minimum Gasteiger partial charge on any atom is -0.481 e. The molecule has 0 aliphatic carbocycles. The normalized spacial score (nSPS) is 16.1. The Morgan fingerprint density at radius 3 is 2.58 bits per heavy atom. The number of likely N-dealkylation sites (tertiary alicyclic amines) is 1. The molecule has 26 heavy (non-hydrogen) atoms. The van der Waals surface area contributed by atoms with Crippen LogP contribution in [0.3, 0.4) is 0 Å². The highest BCUT2D eigenvalue weighted by Crippen LogP contribution is 2.23. The van der Waals surface area contributed by atoms with Crippen molar-refractivity contribution in [1.29, 1.82) is 0 Å². The molecule has 2 amide bonds. The van der Waals surface area contributed by atoms with Gasteiger partial charge < -0.3 is 15.3 Å². The third kappa shape index (κ3) is 4.17. The van der Waals surface area contributed by atoms with Crippen molar-refractivity contribution in [2.45, 2.75) is 18.9 Å². The molecule has 0 saturated carbocycles. The average Bonchev–Trinajstić information content (AvgIpc) is 2.66. The summed E-state index contributed by atoms with van der Waals surface area (Å²) in [5.41, 5.74) is 1.20. The third-order valence-electron chi connectivity index (χ3n) is 4.56. The molecule has 1 saturated heterocycles. The van der Waals surface area contributed by atoms with E-state index in [1.54, 1.807) is 41.4 Å². The Kier molecular flexibility index (Phi) is 5.46. The lowest BCUT2D eigenvalue weighted by Gasteiger charge is -2.31. The van der Waals surface area contributed by atoms with Crippen molar-refractivity contribution < 1.29 is 19.1 Å². The molecule has 2 heterocycles. The van der Waals surface area contributed by atoms with Gasteiger partial charge in [-0.1, -0.05) is 18.2 Å². The number of hydrogen-bond donors (Lipinski definition) is 2. The lowest BCUT2D eigenvalue weighted by Crippen LogP contribution is -2.46. The number of halogens is 1. The molecule has 1 unspecified atom stereocenters. The first-order valence-electron chi connectivity index (χ1n) is 8.49. The van der Waals surface area contributed by atoms with Gasteiger partial charge in [-0.2, -0.15) is 0 Å². The minimum absolute atomic E-state index is 0.311. The molecule has 1 aliphatic heterocycles. The minimum atomic E-state index is -0.823. The zero-order chi connectivity index (χ0) is 18.5. The molecule has 6 nitrogen and oxygen atoms in total. The van der Waals surface area contributed by atoms with Crippen LogP contribution in [0.4, 0.5) is 9.18 Å². The van der Waals surface area contributed by atoms with Crippen LogP contribution in [-0.2, 0) is 4.79 Å². The molecular weight excluding hydrogens is 337 g/mol. The maximum absolute atomic E-state index is 13.7. The van der Waals surface area contributed by atoms with Crippen molar-refractivity contribution >= 4 is 12.0 Å². The Balaban J connectivity index is 1.76. The fourth-order valence-electron chi connectivity index (χ4n) is 3.11. The van der Waals surface area contributed by atoms with E-state index in [1.165, 1.54) is 12.1 Å². The molecule has 3 rings (SSSR count). The zero-order valence-corrected chi connectivity index (χ0v) is 14.1. The first-order chi connectivity index (χ1) is 12.5. The van der Waals surface area contributed by atoms with E-state index in [0.29, 0.717) is 37.2 Å². The smallest absolute Gasteiger partial charge is 0.318 e. The van der Waals surface area contributed by atoms with Crippen molar-refractivity contribution in [3.63, 3.8) is 0 Å². The van der Waals surface area contributed by atoms with E-state index < -0.39 is 17.9 Å². The van der Waals surface area contributed by atoms with Gasteiger partial charge in [0.15, 0.2) is 0 Å². The fourth-order valence-corrected chi connectivity index (χ4v) is 3.11. The number of nitrogens with one attached hydrogen (secondary N) is 1. The maximum Gasteiger partial charge on any atom is 0.318 e. The summed E-state index contributed by atoms with van der Waals surface area (Å²) in [4.78, 5) is 29.6. The van der Waals surface area contributed by atoms with E-state index in [-0.39, 0.29) is 11.8 Å². The summed E-state index contributed by atoms with van der Waals surface area (Å²) < 4.78 is 13.7. The predicted octanol–water partition coefficient (Wildman–Crippen LogP) is 2.82. The molecule has 2 aromatic rings. The molecular formula is C19H20FN3O3. The zero-order valence-electron chi connectivity index (χ0n) is 14.1. The van der Waals surface area contributed by atoms with Gasteiger partial charge in [0.2, 0.25) is 0 Å². The van der Waals surface area contributed by atoms with E-state index >= 15 is 0 Å². The molecule has 1 aliphatic rings. The molecule has 0 spiro atoms. The molecule has 136 valence electrons. The van der Waals surface area contributed by atoms with Gasteiger partial charge >= 0.3 is 12.0 Å². The van der Waals surface area contributed by atoms with Crippen molar-refractivity contribution in [3.8, 4) is 0 Å². The number of piperidine rings is 1. The Morgan fingerprint density at radius 1 is 1.19 bits per heavy atom. The first-order valence-corrected chi connectivity index (χ1v) is 8.49. The maximum atomic E-state index is 13.7. The summed E-state index contributed by atoms with van der Waals surface area (Å²) in [6.45, 7) is 0.752. The SMILES string of the molecule is O=C(O)C1CCN(C(=O)NC(c2cccc(F)c2)c2ccccn2)CC1. The Bertz CT molecular complexity index is 777. The van der Waals surface area contributed by atoms with Gasteiger partial charge in [0.05, 0.1) is 17.7 Å². The lowest BCUT2D eigenvalue weighted by molar-refractivity contribution is -0.143. The summed E-state index contributed by atoms with van der Waals surface area (Å²) in [6, 6.07) is 10.5. The molecule has 0 radical (unpaired) electrons. The number of rotatable bonds is 4. The van der Waals surface area contributed by atoms with Crippen molar-refractivity contribution in [2.75, 3.05) is 13.1 Å². The number of benzene rings is 1. The van der Waals surface area contributed by atoms with Crippen LogP contribution in [0.2, 0.25) is 0 Å². The first kappa shape index (κ1) is 17.8. The van der Waals surface area contributed by atoms with Crippen LogP contribution in [0.5, 0.6) is 0 Å². The van der Waals surface area contributed by atoms with Crippen LogP contribution in [-0.4, -0.2) is 40.1 Å². The summed E-state index contributed by atoms with van der Waals surface area (Å²) in [5.74, 6) is -1.62. The summed E-state index contributed by atoms with van der Waals surface area (Å²) in [7, 11) is 0.